The van der Waals surface area contributed by atoms with Crippen molar-refractivity contribution in [2.75, 3.05) is 5.32 Å². The van der Waals surface area contributed by atoms with Crippen molar-refractivity contribution in [3.8, 4) is 0 Å². The molecule has 0 spiro atoms. The number of nitrogens with one attached hydrogen (secondary N) is 2. The average molecular weight is 379 g/mol. The molecule has 138 valence electrons. The van der Waals surface area contributed by atoms with Gasteiger partial charge in [0.1, 0.15) is 5.82 Å². The Labute approximate surface area is 162 Å². The molecule has 27 heavy (non-hydrogen) atoms. The van der Waals surface area contributed by atoms with E-state index in [0.29, 0.717) is 17.8 Å². The normalized spacial score (nSPS) is 19.6. The minimum absolute atomic E-state index is 0.133. The van der Waals surface area contributed by atoms with Crippen LogP contribution in [0.3, 0.4) is 0 Å². The van der Waals surface area contributed by atoms with Crippen LogP contribution in [0.5, 0.6) is 0 Å². The molecule has 1 aliphatic heterocycles. The maximum atomic E-state index is 13.2. The molecule has 0 saturated carbocycles. The van der Waals surface area contributed by atoms with Crippen molar-refractivity contribution in [2.24, 2.45) is 0 Å². The van der Waals surface area contributed by atoms with Gasteiger partial charge in [0.15, 0.2) is 5.78 Å². The van der Waals surface area contributed by atoms with Gasteiger partial charge in [-0.1, -0.05) is 6.07 Å². The summed E-state index contributed by atoms with van der Waals surface area (Å²) in [5.41, 5.74) is 4.13. The van der Waals surface area contributed by atoms with E-state index in [0.717, 1.165) is 40.2 Å². The Morgan fingerprint density at radius 1 is 1.30 bits per heavy atom. The van der Waals surface area contributed by atoms with Gasteiger partial charge in [-0.25, -0.2) is 4.98 Å². The van der Waals surface area contributed by atoms with Crippen LogP contribution in [0, 0.1) is 6.92 Å². The number of allylic oxidation sites excluding steroid dienone is 3. The summed E-state index contributed by atoms with van der Waals surface area (Å²) in [6, 6.07) is 7.68. The number of aryl methyl sites for hydroxylation is 1. The van der Waals surface area contributed by atoms with Crippen molar-refractivity contribution >= 4 is 28.8 Å². The third-order valence-electron chi connectivity index (χ3n) is 5.01. The molecular formula is C21H21N3O2S. The maximum absolute atomic E-state index is 13.2. The highest BCUT2D eigenvalue weighted by Gasteiger charge is 2.38. The van der Waals surface area contributed by atoms with E-state index in [1.807, 2.05) is 43.5 Å². The summed E-state index contributed by atoms with van der Waals surface area (Å²) >= 11 is 1.58. The van der Waals surface area contributed by atoms with Crippen LogP contribution in [0.2, 0.25) is 0 Å². The van der Waals surface area contributed by atoms with Crippen LogP contribution in [0.25, 0.3) is 0 Å². The highest BCUT2D eigenvalue weighted by molar-refractivity contribution is 7.10. The molecule has 0 radical (unpaired) electrons. The molecule has 2 N–H and O–H groups in total. The number of carbonyl (C=O) groups is 2. The number of hydrogen-bond donors (Lipinski definition) is 2. The van der Waals surface area contributed by atoms with Crippen LogP contribution in [0.15, 0.2) is 58.4 Å². The van der Waals surface area contributed by atoms with Crippen LogP contribution >= 0.6 is 11.3 Å². The van der Waals surface area contributed by atoms with Crippen molar-refractivity contribution in [3.63, 3.8) is 0 Å². The molecule has 0 aromatic carbocycles. The van der Waals surface area contributed by atoms with E-state index in [1.54, 1.807) is 17.5 Å². The number of thiophene rings is 1. The van der Waals surface area contributed by atoms with E-state index in [2.05, 4.69) is 15.6 Å². The summed E-state index contributed by atoms with van der Waals surface area (Å²) in [5, 5.41) is 8.22. The molecule has 5 nitrogen and oxygen atoms in total. The molecule has 1 aliphatic carbocycles. The number of pyridine rings is 1. The first-order valence-corrected chi connectivity index (χ1v) is 9.94. The number of Topliss-reactive ketones (excluding diaryl/α,β-unsaturated/α-hetero) is 1. The summed E-state index contributed by atoms with van der Waals surface area (Å²) in [6.07, 6.45) is 3.90. The lowest BCUT2D eigenvalue weighted by Crippen LogP contribution is -2.35. The fraction of sp³-hybridized carbons (Fsp3) is 0.286. The maximum Gasteiger partial charge on any atom is 0.255 e. The molecule has 2 aromatic rings. The van der Waals surface area contributed by atoms with Crippen molar-refractivity contribution < 1.29 is 9.59 Å². The van der Waals surface area contributed by atoms with Crippen LogP contribution in [0.1, 0.15) is 42.5 Å². The zero-order chi connectivity index (χ0) is 19.0. The zero-order valence-electron chi connectivity index (χ0n) is 15.3. The smallest absolute Gasteiger partial charge is 0.255 e. The molecule has 0 bridgehead atoms. The Bertz CT molecular complexity index is 973. The van der Waals surface area contributed by atoms with Gasteiger partial charge in [0.05, 0.1) is 5.92 Å². The number of anilines is 1. The number of aromatic nitrogens is 1. The molecule has 2 aliphatic rings. The Morgan fingerprint density at radius 3 is 2.89 bits per heavy atom. The summed E-state index contributed by atoms with van der Waals surface area (Å²) in [4.78, 5) is 31.2. The van der Waals surface area contributed by atoms with Crippen molar-refractivity contribution in [1.82, 2.24) is 10.3 Å². The molecular weight excluding hydrogens is 358 g/mol. The van der Waals surface area contributed by atoms with Crippen molar-refractivity contribution in [1.29, 1.82) is 0 Å². The molecule has 1 atom stereocenters. The predicted molar refractivity (Wildman–Crippen MR) is 106 cm³/mol. The molecule has 0 unspecified atom stereocenters. The summed E-state index contributed by atoms with van der Waals surface area (Å²) in [5.74, 6) is 0.105. The van der Waals surface area contributed by atoms with Gasteiger partial charge < -0.3 is 10.6 Å². The number of amides is 1. The second kappa shape index (κ2) is 7.12. The topological polar surface area (TPSA) is 71.1 Å². The SMILES string of the molecule is CC1=C(C(=O)Nc2cc(C)ccn2)[C@@H](c2cccs2)C2=C(CCCC2=O)N1. The van der Waals surface area contributed by atoms with E-state index in [4.69, 9.17) is 0 Å². The number of nitrogens with zero attached hydrogens (tertiary/aromatic N) is 1. The lowest BCUT2D eigenvalue weighted by atomic mass is 9.77. The van der Waals surface area contributed by atoms with Gasteiger partial charge in [0.2, 0.25) is 0 Å². The molecule has 1 amide bonds. The summed E-state index contributed by atoms with van der Waals surface area (Å²) in [7, 11) is 0. The minimum atomic E-state index is -0.321. The van der Waals surface area contributed by atoms with Gasteiger partial charge in [-0.05, 0) is 55.8 Å². The third kappa shape index (κ3) is 3.32. The molecule has 0 fully saturated rings. The van der Waals surface area contributed by atoms with Crippen LogP contribution in [0.4, 0.5) is 5.82 Å². The summed E-state index contributed by atoms with van der Waals surface area (Å²) < 4.78 is 0. The minimum Gasteiger partial charge on any atom is -0.362 e. The fourth-order valence-corrected chi connectivity index (χ4v) is 4.66. The van der Waals surface area contributed by atoms with Crippen LogP contribution < -0.4 is 10.6 Å². The third-order valence-corrected chi connectivity index (χ3v) is 5.94. The van der Waals surface area contributed by atoms with E-state index in [9.17, 15) is 9.59 Å². The highest BCUT2D eigenvalue weighted by atomic mass is 32.1. The second-order valence-corrected chi connectivity index (χ2v) is 7.93. The number of hydrogen-bond acceptors (Lipinski definition) is 5. The first-order chi connectivity index (χ1) is 13.0. The molecule has 6 heteroatoms. The fourth-order valence-electron chi connectivity index (χ4n) is 3.81. The first-order valence-electron chi connectivity index (χ1n) is 9.06. The monoisotopic (exact) mass is 379 g/mol. The van der Waals surface area contributed by atoms with Gasteiger partial charge in [-0.2, -0.15) is 0 Å². The average Bonchev–Trinajstić information content (AvgIpc) is 3.15. The predicted octanol–water partition coefficient (Wildman–Crippen LogP) is 4.06. The van der Waals surface area contributed by atoms with Crippen LogP contribution in [-0.4, -0.2) is 16.7 Å². The van der Waals surface area contributed by atoms with Crippen molar-refractivity contribution in [2.45, 2.75) is 39.0 Å². The number of rotatable bonds is 3. The Hall–Kier alpha value is -2.73. The molecule has 2 aromatic heterocycles. The largest absolute Gasteiger partial charge is 0.362 e. The Morgan fingerprint density at radius 2 is 2.15 bits per heavy atom. The Kier molecular flexibility index (Phi) is 4.66. The number of carbonyl (C=O) groups excluding carboxylic acids is 2. The van der Waals surface area contributed by atoms with E-state index in [1.165, 1.54) is 0 Å². The highest BCUT2D eigenvalue weighted by Crippen LogP contribution is 2.43. The van der Waals surface area contributed by atoms with Gasteiger partial charge in [-0.3, -0.25) is 9.59 Å². The van der Waals surface area contributed by atoms with Crippen LogP contribution in [-0.2, 0) is 9.59 Å². The van der Waals surface area contributed by atoms with E-state index < -0.39 is 0 Å². The van der Waals surface area contributed by atoms with E-state index in [-0.39, 0.29) is 17.6 Å². The Balaban J connectivity index is 1.75. The quantitative estimate of drug-likeness (QED) is 0.844. The lowest BCUT2D eigenvalue weighted by Gasteiger charge is -2.33. The number of ketones is 1. The molecule has 0 saturated heterocycles. The van der Waals surface area contributed by atoms with Gasteiger partial charge in [-0.15, -0.1) is 11.3 Å². The van der Waals surface area contributed by atoms with Gasteiger partial charge >= 0.3 is 0 Å². The number of dihydropyridines is 1. The second-order valence-electron chi connectivity index (χ2n) is 6.95. The molecule has 4 rings (SSSR count). The van der Waals surface area contributed by atoms with E-state index >= 15 is 0 Å². The van der Waals surface area contributed by atoms with Gasteiger partial charge in [0.25, 0.3) is 5.91 Å². The zero-order valence-corrected chi connectivity index (χ0v) is 16.2. The van der Waals surface area contributed by atoms with Crippen molar-refractivity contribution in [3.05, 3.63) is 68.8 Å². The lowest BCUT2D eigenvalue weighted by molar-refractivity contribution is -0.116. The standard InChI is InChI=1S/C21H21N3O2S/c1-12-8-9-22-17(11-12)24-21(26)18-13(2)23-14-5-3-6-15(25)19(14)20(18)16-7-4-10-27-16/h4,7-11,20,23H,3,5-6H2,1-2H3,(H,22,24,26)/t20-/m1/s1. The molecule has 3 heterocycles. The van der Waals surface area contributed by atoms with Gasteiger partial charge in [0, 0.05) is 40.0 Å². The first kappa shape index (κ1) is 17.7. The summed E-state index contributed by atoms with van der Waals surface area (Å²) in [6.45, 7) is 3.86.